The van der Waals surface area contributed by atoms with Crippen LogP contribution < -0.4 is 5.43 Å². The predicted molar refractivity (Wildman–Crippen MR) is 83.1 cm³/mol. The highest BCUT2D eigenvalue weighted by atomic mass is 32.1. The summed E-state index contributed by atoms with van der Waals surface area (Å²) < 4.78 is 13.3. The Balaban J connectivity index is 2.07. The lowest BCUT2D eigenvalue weighted by Gasteiger charge is -2.04. The highest BCUT2D eigenvalue weighted by Crippen LogP contribution is 2.25. The Morgan fingerprint density at radius 2 is 1.95 bits per heavy atom. The molecule has 5 heteroatoms. The normalized spacial score (nSPS) is 11.3. The lowest BCUT2D eigenvalue weighted by atomic mass is 10.1. The van der Waals surface area contributed by atoms with Crippen molar-refractivity contribution in [2.45, 2.75) is 0 Å². The van der Waals surface area contributed by atoms with E-state index in [-0.39, 0.29) is 5.43 Å². The van der Waals surface area contributed by atoms with Crippen LogP contribution in [0.3, 0.4) is 0 Å². The molecule has 0 radical (unpaired) electrons. The number of halogens is 1. The number of hydrogen-bond acceptors (Lipinski definition) is 3. The zero-order chi connectivity index (χ0) is 14.4. The molecule has 2 heterocycles. The van der Waals surface area contributed by atoms with Crippen LogP contribution in [0.2, 0.25) is 0 Å². The molecule has 0 saturated carbocycles. The predicted octanol–water partition coefficient (Wildman–Crippen LogP) is 3.94. The van der Waals surface area contributed by atoms with Crippen LogP contribution in [0.1, 0.15) is 0 Å². The Labute approximate surface area is 122 Å². The maximum Gasteiger partial charge on any atom is 0.197 e. The van der Waals surface area contributed by atoms with E-state index in [1.807, 2.05) is 17.5 Å². The Kier molecular flexibility index (Phi) is 2.62. The van der Waals surface area contributed by atoms with Gasteiger partial charge in [-0.3, -0.25) is 4.79 Å². The van der Waals surface area contributed by atoms with Crippen molar-refractivity contribution < 1.29 is 4.39 Å². The van der Waals surface area contributed by atoms with Crippen molar-refractivity contribution in [1.82, 2.24) is 9.97 Å². The zero-order valence-electron chi connectivity index (χ0n) is 10.8. The van der Waals surface area contributed by atoms with Crippen molar-refractivity contribution in [2.75, 3.05) is 0 Å². The summed E-state index contributed by atoms with van der Waals surface area (Å²) in [6, 6.07) is 9.72. The van der Waals surface area contributed by atoms with E-state index in [4.69, 9.17) is 0 Å². The van der Waals surface area contributed by atoms with Gasteiger partial charge in [-0.25, -0.2) is 9.37 Å². The molecule has 0 aliphatic carbocycles. The van der Waals surface area contributed by atoms with Crippen molar-refractivity contribution in [2.24, 2.45) is 0 Å². The number of aromatic nitrogens is 2. The van der Waals surface area contributed by atoms with Crippen LogP contribution in [0.25, 0.3) is 32.4 Å². The fraction of sp³-hybridized carbons (Fsp3) is 0. The first-order valence-corrected chi connectivity index (χ1v) is 7.25. The molecule has 2 aromatic heterocycles. The van der Waals surface area contributed by atoms with Gasteiger partial charge < -0.3 is 4.98 Å². The molecule has 4 rings (SSSR count). The molecule has 3 nitrogen and oxygen atoms in total. The molecule has 0 aliphatic heterocycles. The van der Waals surface area contributed by atoms with Gasteiger partial charge in [0, 0.05) is 33.4 Å². The number of benzene rings is 2. The first kappa shape index (κ1) is 12.2. The number of nitrogens with one attached hydrogen (secondary N) is 1. The van der Waals surface area contributed by atoms with Gasteiger partial charge in [0.25, 0.3) is 0 Å². The molecule has 0 fully saturated rings. The van der Waals surface area contributed by atoms with E-state index in [0.29, 0.717) is 16.3 Å². The van der Waals surface area contributed by atoms with Crippen LogP contribution in [0.4, 0.5) is 4.39 Å². The summed E-state index contributed by atoms with van der Waals surface area (Å²) in [5.41, 5.74) is 2.15. The average molecular weight is 296 g/mol. The van der Waals surface area contributed by atoms with E-state index in [2.05, 4.69) is 9.97 Å². The fourth-order valence-corrected chi connectivity index (χ4v) is 3.08. The largest absolute Gasteiger partial charge is 0.354 e. The fourth-order valence-electron chi connectivity index (χ4n) is 2.45. The Morgan fingerprint density at radius 1 is 1.05 bits per heavy atom. The Morgan fingerprint density at radius 3 is 2.76 bits per heavy atom. The molecule has 0 bridgehead atoms. The molecule has 2 aromatic carbocycles. The van der Waals surface area contributed by atoms with Crippen molar-refractivity contribution in [3.8, 4) is 10.6 Å². The average Bonchev–Trinajstić information content (AvgIpc) is 3.02. The second-order valence-electron chi connectivity index (χ2n) is 4.74. The smallest absolute Gasteiger partial charge is 0.197 e. The molecular weight excluding hydrogens is 287 g/mol. The van der Waals surface area contributed by atoms with Crippen molar-refractivity contribution in [3.63, 3.8) is 0 Å². The van der Waals surface area contributed by atoms with E-state index in [1.54, 1.807) is 29.7 Å². The van der Waals surface area contributed by atoms with Crippen LogP contribution in [0, 0.1) is 5.82 Å². The van der Waals surface area contributed by atoms with Crippen LogP contribution in [0.5, 0.6) is 0 Å². The maximum atomic E-state index is 13.3. The monoisotopic (exact) mass is 296 g/mol. The molecular formula is C16H9FN2OS. The molecule has 1 N–H and O–H groups in total. The quantitative estimate of drug-likeness (QED) is 0.541. The third kappa shape index (κ3) is 1.94. The van der Waals surface area contributed by atoms with Gasteiger partial charge in [-0.05, 0) is 30.3 Å². The van der Waals surface area contributed by atoms with Crippen LogP contribution in [0.15, 0.2) is 52.8 Å². The summed E-state index contributed by atoms with van der Waals surface area (Å²) in [6.45, 7) is 0. The lowest BCUT2D eigenvalue weighted by Crippen LogP contribution is -2.04. The van der Waals surface area contributed by atoms with Gasteiger partial charge >= 0.3 is 0 Å². The first-order valence-electron chi connectivity index (χ1n) is 6.37. The molecule has 0 unspecified atom stereocenters. The molecule has 0 amide bonds. The van der Waals surface area contributed by atoms with E-state index >= 15 is 0 Å². The number of thiazole rings is 1. The molecule has 4 aromatic rings. The third-order valence-electron chi connectivity index (χ3n) is 3.44. The van der Waals surface area contributed by atoms with Gasteiger partial charge in [0.15, 0.2) is 5.43 Å². The van der Waals surface area contributed by atoms with Crippen LogP contribution in [-0.2, 0) is 0 Å². The summed E-state index contributed by atoms with van der Waals surface area (Å²) in [5.74, 6) is -0.410. The lowest BCUT2D eigenvalue weighted by molar-refractivity contribution is 0.629. The van der Waals surface area contributed by atoms with Crippen molar-refractivity contribution in [1.29, 1.82) is 0 Å². The van der Waals surface area contributed by atoms with Gasteiger partial charge in [-0.2, -0.15) is 0 Å². The van der Waals surface area contributed by atoms with Crippen molar-refractivity contribution in [3.05, 3.63) is 64.0 Å². The SMILES string of the molecule is O=c1c2ccc(-c3nccs3)cc2[nH]c2ccc(F)cc12. The van der Waals surface area contributed by atoms with Gasteiger partial charge in [0.2, 0.25) is 0 Å². The number of aromatic amines is 1. The number of fused-ring (bicyclic) bond motifs is 2. The maximum absolute atomic E-state index is 13.3. The van der Waals surface area contributed by atoms with Gasteiger partial charge in [0.1, 0.15) is 10.8 Å². The molecule has 21 heavy (non-hydrogen) atoms. The summed E-state index contributed by atoms with van der Waals surface area (Å²) in [6.07, 6.45) is 1.75. The minimum Gasteiger partial charge on any atom is -0.354 e. The molecule has 0 saturated heterocycles. The van der Waals surface area contributed by atoms with Gasteiger partial charge in [-0.15, -0.1) is 11.3 Å². The topological polar surface area (TPSA) is 45.8 Å². The van der Waals surface area contributed by atoms with Gasteiger partial charge in [-0.1, -0.05) is 6.07 Å². The number of nitrogens with zero attached hydrogens (tertiary/aromatic N) is 1. The zero-order valence-corrected chi connectivity index (χ0v) is 11.6. The van der Waals surface area contributed by atoms with Crippen LogP contribution >= 0.6 is 11.3 Å². The van der Waals surface area contributed by atoms with E-state index in [1.165, 1.54) is 12.1 Å². The van der Waals surface area contributed by atoms with Gasteiger partial charge in [0.05, 0.1) is 5.52 Å². The second-order valence-corrected chi connectivity index (χ2v) is 5.64. The number of hydrogen-bond donors (Lipinski definition) is 1. The summed E-state index contributed by atoms with van der Waals surface area (Å²) in [5, 5.41) is 3.72. The minimum absolute atomic E-state index is 0.163. The van der Waals surface area contributed by atoms with Crippen molar-refractivity contribution >= 4 is 33.1 Å². The van der Waals surface area contributed by atoms with E-state index < -0.39 is 5.82 Å². The number of rotatable bonds is 1. The Hall–Kier alpha value is -2.53. The molecule has 0 atom stereocenters. The van der Waals surface area contributed by atoms with Crippen LogP contribution in [-0.4, -0.2) is 9.97 Å². The summed E-state index contributed by atoms with van der Waals surface area (Å²) in [7, 11) is 0. The summed E-state index contributed by atoms with van der Waals surface area (Å²) in [4.78, 5) is 19.9. The van der Waals surface area contributed by atoms with E-state index in [9.17, 15) is 9.18 Å². The Bertz CT molecular complexity index is 1020. The molecule has 102 valence electrons. The highest BCUT2D eigenvalue weighted by Gasteiger charge is 2.08. The van der Waals surface area contributed by atoms with E-state index in [0.717, 1.165) is 16.1 Å². The molecule has 0 spiro atoms. The standard InChI is InChI=1S/C16H9FN2OS/c17-10-2-4-13-12(8-10)15(20)11-3-1-9(7-14(11)19-13)16-18-5-6-21-16/h1-8H,(H,19,20). The minimum atomic E-state index is -0.410. The molecule has 0 aliphatic rings. The third-order valence-corrected chi connectivity index (χ3v) is 4.26. The number of pyridine rings is 1. The first-order chi connectivity index (χ1) is 10.2. The number of H-pyrrole nitrogens is 1. The second kappa shape index (κ2) is 4.49. The highest BCUT2D eigenvalue weighted by molar-refractivity contribution is 7.13. The summed E-state index contributed by atoms with van der Waals surface area (Å²) >= 11 is 1.54.